The highest BCUT2D eigenvalue weighted by Crippen LogP contribution is 2.33. The largest absolute Gasteiger partial charge is 0.497 e. The average molecular weight is 430 g/mol. The summed E-state index contributed by atoms with van der Waals surface area (Å²) in [6.45, 7) is 0. The number of rotatable bonds is 7. The Bertz CT molecular complexity index is 1130. The van der Waals surface area contributed by atoms with Gasteiger partial charge in [0.2, 0.25) is 0 Å². The number of hydrazone groups is 1. The number of nitro benzene ring substituents is 1. The molecule has 0 fully saturated rings. The van der Waals surface area contributed by atoms with Crippen LogP contribution in [0.5, 0.6) is 11.5 Å². The molecule has 0 aliphatic heterocycles. The van der Waals surface area contributed by atoms with Crippen molar-refractivity contribution in [1.82, 2.24) is 5.43 Å². The molecule has 2 aromatic carbocycles. The van der Waals surface area contributed by atoms with Crippen LogP contribution in [-0.4, -0.2) is 31.3 Å². The van der Waals surface area contributed by atoms with Gasteiger partial charge in [-0.2, -0.15) is 5.10 Å². The Hall–Kier alpha value is -3.85. The average Bonchev–Trinajstić information content (AvgIpc) is 3.21. The van der Waals surface area contributed by atoms with Crippen molar-refractivity contribution in [2.75, 3.05) is 14.2 Å². The monoisotopic (exact) mass is 429 g/mol. The molecule has 1 heterocycles. The van der Waals surface area contributed by atoms with Crippen LogP contribution in [0.25, 0.3) is 11.3 Å². The summed E-state index contributed by atoms with van der Waals surface area (Å²) in [7, 11) is 2.95. The van der Waals surface area contributed by atoms with Crippen molar-refractivity contribution in [2.24, 2.45) is 5.10 Å². The van der Waals surface area contributed by atoms with E-state index < -0.39 is 10.8 Å². The van der Waals surface area contributed by atoms with Gasteiger partial charge in [0.05, 0.1) is 36.5 Å². The lowest BCUT2D eigenvalue weighted by molar-refractivity contribution is -0.384. The van der Waals surface area contributed by atoms with Crippen LogP contribution in [0.15, 0.2) is 58.0 Å². The number of carbonyl (C=O) groups excluding carboxylic acids is 1. The third kappa shape index (κ3) is 4.58. The number of methoxy groups -OCH3 is 2. The lowest BCUT2D eigenvalue weighted by Crippen LogP contribution is -2.18. The van der Waals surface area contributed by atoms with Crippen molar-refractivity contribution < 1.29 is 23.6 Å². The molecule has 154 valence electrons. The van der Waals surface area contributed by atoms with E-state index in [-0.39, 0.29) is 33.4 Å². The first-order valence-electron chi connectivity index (χ1n) is 8.52. The quantitative estimate of drug-likeness (QED) is 0.340. The number of furan rings is 1. The number of hydrogen-bond donors (Lipinski definition) is 1. The second kappa shape index (κ2) is 9.10. The highest BCUT2D eigenvalue weighted by molar-refractivity contribution is 6.30. The van der Waals surface area contributed by atoms with Crippen LogP contribution in [0, 0.1) is 10.1 Å². The number of ether oxygens (including phenoxy) is 2. The number of benzene rings is 2. The van der Waals surface area contributed by atoms with E-state index in [0.29, 0.717) is 11.5 Å². The molecule has 3 rings (SSSR count). The SMILES string of the molecule is COc1ccc(C(=O)N/N=C\c2ccc(-c3ccc(Cl)cc3[N+](=O)[O-])o2)c(OC)c1. The van der Waals surface area contributed by atoms with Crippen LogP contribution in [-0.2, 0) is 0 Å². The summed E-state index contributed by atoms with van der Waals surface area (Å²) in [5.74, 6) is 0.939. The van der Waals surface area contributed by atoms with Gasteiger partial charge in [0.15, 0.2) is 0 Å². The summed E-state index contributed by atoms with van der Waals surface area (Å²) in [6, 6.07) is 12.2. The molecule has 0 aliphatic carbocycles. The van der Waals surface area contributed by atoms with Gasteiger partial charge in [-0.25, -0.2) is 5.43 Å². The standard InChI is InChI=1S/C20H16ClN3O6/c1-28-13-4-7-16(19(10-13)29-2)20(25)23-22-11-14-5-8-18(30-14)15-6-3-12(21)9-17(15)24(26)27/h3-11H,1-2H3,(H,23,25)/b22-11-. The fraction of sp³-hybridized carbons (Fsp3) is 0.100. The minimum absolute atomic E-state index is 0.180. The Morgan fingerprint density at radius 3 is 2.67 bits per heavy atom. The minimum Gasteiger partial charge on any atom is -0.497 e. The highest BCUT2D eigenvalue weighted by Gasteiger charge is 2.18. The molecule has 3 aromatic rings. The van der Waals surface area contributed by atoms with Crippen LogP contribution in [0.2, 0.25) is 5.02 Å². The topological polar surface area (TPSA) is 116 Å². The molecular weight excluding hydrogens is 414 g/mol. The van der Waals surface area contributed by atoms with Gasteiger partial charge in [-0.15, -0.1) is 0 Å². The Morgan fingerprint density at radius 2 is 1.97 bits per heavy atom. The van der Waals surface area contributed by atoms with Crippen molar-refractivity contribution in [3.63, 3.8) is 0 Å². The van der Waals surface area contributed by atoms with E-state index in [2.05, 4.69) is 10.5 Å². The zero-order chi connectivity index (χ0) is 21.7. The van der Waals surface area contributed by atoms with Gasteiger partial charge in [-0.3, -0.25) is 14.9 Å². The number of amides is 1. The van der Waals surface area contributed by atoms with Gasteiger partial charge in [0.1, 0.15) is 23.0 Å². The van der Waals surface area contributed by atoms with Crippen LogP contribution in [0.3, 0.4) is 0 Å². The van der Waals surface area contributed by atoms with E-state index in [0.717, 1.165) is 0 Å². The summed E-state index contributed by atoms with van der Waals surface area (Å²) in [4.78, 5) is 23.0. The van der Waals surface area contributed by atoms with Gasteiger partial charge in [-0.1, -0.05) is 11.6 Å². The van der Waals surface area contributed by atoms with E-state index in [4.69, 9.17) is 25.5 Å². The lowest BCUT2D eigenvalue weighted by atomic mass is 10.1. The molecule has 0 saturated carbocycles. The molecule has 30 heavy (non-hydrogen) atoms. The number of halogens is 1. The molecule has 9 nitrogen and oxygen atoms in total. The second-order valence-electron chi connectivity index (χ2n) is 5.89. The Kier molecular flexibility index (Phi) is 6.33. The molecule has 1 N–H and O–H groups in total. The third-order valence-corrected chi connectivity index (χ3v) is 4.30. The van der Waals surface area contributed by atoms with Gasteiger partial charge >= 0.3 is 0 Å². The second-order valence-corrected chi connectivity index (χ2v) is 6.32. The fourth-order valence-corrected chi connectivity index (χ4v) is 2.80. The van der Waals surface area contributed by atoms with Crippen LogP contribution < -0.4 is 14.9 Å². The summed E-state index contributed by atoms with van der Waals surface area (Å²) >= 11 is 5.83. The molecular formula is C20H16ClN3O6. The van der Waals surface area contributed by atoms with E-state index in [1.165, 1.54) is 38.6 Å². The van der Waals surface area contributed by atoms with Gasteiger partial charge in [-0.05, 0) is 36.4 Å². The maximum Gasteiger partial charge on any atom is 0.281 e. The van der Waals surface area contributed by atoms with Crippen molar-refractivity contribution >= 4 is 29.4 Å². The molecule has 0 aliphatic rings. The number of hydrogen-bond acceptors (Lipinski definition) is 7. The number of carbonyl (C=O) groups is 1. The molecule has 0 bridgehead atoms. The first kappa shape index (κ1) is 20.9. The van der Waals surface area contributed by atoms with Gasteiger partial charge in [0, 0.05) is 17.2 Å². The molecule has 0 radical (unpaired) electrons. The van der Waals surface area contributed by atoms with Crippen molar-refractivity contribution in [3.8, 4) is 22.8 Å². The predicted molar refractivity (Wildman–Crippen MR) is 110 cm³/mol. The van der Waals surface area contributed by atoms with E-state index in [1.807, 2.05) is 0 Å². The van der Waals surface area contributed by atoms with Gasteiger partial charge in [0.25, 0.3) is 11.6 Å². The normalized spacial score (nSPS) is 10.8. The van der Waals surface area contributed by atoms with Crippen molar-refractivity contribution in [1.29, 1.82) is 0 Å². The van der Waals surface area contributed by atoms with E-state index >= 15 is 0 Å². The molecule has 0 spiro atoms. The van der Waals surface area contributed by atoms with Crippen LogP contribution in [0.4, 0.5) is 5.69 Å². The predicted octanol–water partition coefficient (Wildman–Crippen LogP) is 4.29. The zero-order valence-corrected chi connectivity index (χ0v) is 16.7. The Labute approximate surface area is 176 Å². The van der Waals surface area contributed by atoms with Crippen LogP contribution in [0.1, 0.15) is 16.1 Å². The minimum atomic E-state index is -0.542. The molecule has 1 aromatic heterocycles. The smallest absolute Gasteiger partial charge is 0.281 e. The first-order chi connectivity index (χ1) is 14.4. The Morgan fingerprint density at radius 1 is 1.17 bits per heavy atom. The highest BCUT2D eigenvalue weighted by atomic mass is 35.5. The summed E-state index contributed by atoms with van der Waals surface area (Å²) in [5.41, 5.74) is 2.73. The molecule has 0 unspecified atom stereocenters. The summed E-state index contributed by atoms with van der Waals surface area (Å²) in [5, 5.41) is 15.3. The molecule has 10 heteroatoms. The number of nitrogens with one attached hydrogen (secondary N) is 1. The fourth-order valence-electron chi connectivity index (χ4n) is 2.63. The number of nitrogens with zero attached hydrogens (tertiary/aromatic N) is 2. The van der Waals surface area contributed by atoms with Crippen LogP contribution >= 0.6 is 11.6 Å². The summed E-state index contributed by atoms with van der Waals surface area (Å²) < 4.78 is 15.9. The number of nitro groups is 1. The molecule has 0 saturated heterocycles. The van der Waals surface area contributed by atoms with E-state index in [1.54, 1.807) is 30.3 Å². The third-order valence-electron chi connectivity index (χ3n) is 4.06. The molecule has 1 amide bonds. The lowest BCUT2D eigenvalue weighted by Gasteiger charge is -2.08. The van der Waals surface area contributed by atoms with Gasteiger partial charge < -0.3 is 13.9 Å². The zero-order valence-electron chi connectivity index (χ0n) is 15.9. The van der Waals surface area contributed by atoms with Crippen molar-refractivity contribution in [3.05, 3.63) is 75.0 Å². The maximum absolute atomic E-state index is 12.3. The first-order valence-corrected chi connectivity index (χ1v) is 8.90. The maximum atomic E-state index is 12.3. The Balaban J connectivity index is 1.74. The summed E-state index contributed by atoms with van der Waals surface area (Å²) in [6.07, 6.45) is 1.28. The molecule has 0 atom stereocenters. The van der Waals surface area contributed by atoms with E-state index in [9.17, 15) is 14.9 Å². The van der Waals surface area contributed by atoms with Crippen molar-refractivity contribution in [2.45, 2.75) is 0 Å².